The number of aromatic carboxylic acids is 1. The Morgan fingerprint density at radius 1 is 1.20 bits per heavy atom. The first-order valence-electron chi connectivity index (χ1n) is 6.60. The summed E-state index contributed by atoms with van der Waals surface area (Å²) in [6.45, 7) is 0. The Labute approximate surface area is 141 Å². The predicted molar refractivity (Wildman–Crippen MR) is 83.6 cm³/mol. The summed E-state index contributed by atoms with van der Waals surface area (Å²) in [6.07, 6.45) is 0.763. The minimum atomic E-state index is -1.63. The molecule has 6 nitrogen and oxygen atoms in total. The maximum absolute atomic E-state index is 14.2. The van der Waals surface area contributed by atoms with E-state index in [1.165, 1.54) is 0 Å². The molecule has 2 heterocycles. The summed E-state index contributed by atoms with van der Waals surface area (Å²) in [7, 11) is 0. The van der Waals surface area contributed by atoms with Gasteiger partial charge in [0.1, 0.15) is 11.4 Å². The van der Waals surface area contributed by atoms with Crippen molar-refractivity contribution in [2.45, 2.75) is 0 Å². The largest absolute Gasteiger partial charge is 0.477 e. The number of benzene rings is 1. The van der Waals surface area contributed by atoms with Crippen LogP contribution in [0.3, 0.4) is 0 Å². The topological polar surface area (TPSA) is 98.2 Å². The predicted octanol–water partition coefficient (Wildman–Crippen LogP) is 2.74. The molecule has 0 radical (unpaired) electrons. The van der Waals surface area contributed by atoms with Gasteiger partial charge in [0.25, 0.3) is 0 Å². The lowest BCUT2D eigenvalue weighted by molar-refractivity contribution is 0.0695. The number of carboxylic acid groups (broad SMARTS) is 1. The van der Waals surface area contributed by atoms with Gasteiger partial charge in [-0.05, 0) is 12.1 Å². The standard InChI is InChI=1S/C15H7ClF3N3O3/c16-8-2-5(17)1-6-11(8)22(4-7(12(6)23)15(24)25)14-10(19)3-9(18)13(20)21-14/h1-4H,(H2,20,21)(H,24,25). The molecule has 3 aromatic rings. The van der Waals surface area contributed by atoms with Crippen LogP contribution < -0.4 is 11.2 Å². The van der Waals surface area contributed by atoms with E-state index in [1.807, 2.05) is 0 Å². The second-order valence-electron chi connectivity index (χ2n) is 4.99. The van der Waals surface area contributed by atoms with Crippen LogP contribution in [0, 0.1) is 17.5 Å². The fourth-order valence-electron chi connectivity index (χ4n) is 2.34. The van der Waals surface area contributed by atoms with Crippen molar-refractivity contribution in [3.05, 3.63) is 62.7 Å². The Hall–Kier alpha value is -3.07. The van der Waals surface area contributed by atoms with Crippen molar-refractivity contribution in [3.8, 4) is 5.82 Å². The van der Waals surface area contributed by atoms with E-state index in [9.17, 15) is 22.8 Å². The number of halogens is 4. The molecule has 0 fully saturated rings. The van der Waals surface area contributed by atoms with Crippen molar-refractivity contribution >= 4 is 34.3 Å². The van der Waals surface area contributed by atoms with Crippen molar-refractivity contribution in [2.24, 2.45) is 0 Å². The van der Waals surface area contributed by atoms with Crippen LogP contribution >= 0.6 is 11.6 Å². The van der Waals surface area contributed by atoms with E-state index in [2.05, 4.69) is 4.98 Å². The van der Waals surface area contributed by atoms with E-state index >= 15 is 0 Å². The molecule has 3 rings (SSSR count). The van der Waals surface area contributed by atoms with Crippen molar-refractivity contribution < 1.29 is 23.1 Å². The van der Waals surface area contributed by atoms with E-state index < -0.39 is 51.4 Å². The van der Waals surface area contributed by atoms with E-state index in [1.54, 1.807) is 0 Å². The number of nitrogen functional groups attached to an aromatic ring is 1. The van der Waals surface area contributed by atoms with Gasteiger partial charge in [-0.15, -0.1) is 0 Å². The summed E-state index contributed by atoms with van der Waals surface area (Å²) in [5.74, 6) is -6.08. The first-order chi connectivity index (χ1) is 11.7. The van der Waals surface area contributed by atoms with E-state index in [0.29, 0.717) is 6.07 Å². The highest BCUT2D eigenvalue weighted by Crippen LogP contribution is 2.27. The first-order valence-corrected chi connectivity index (χ1v) is 6.98. The summed E-state index contributed by atoms with van der Waals surface area (Å²) in [6, 6.07) is 2.06. The van der Waals surface area contributed by atoms with Crippen LogP contribution in [-0.2, 0) is 0 Å². The summed E-state index contributed by atoms with van der Waals surface area (Å²) in [5, 5.41) is 8.46. The van der Waals surface area contributed by atoms with Gasteiger partial charge in [-0.25, -0.2) is 22.9 Å². The summed E-state index contributed by atoms with van der Waals surface area (Å²) in [4.78, 5) is 27.1. The van der Waals surface area contributed by atoms with E-state index in [-0.39, 0.29) is 10.5 Å². The average Bonchev–Trinajstić information content (AvgIpc) is 2.51. The lowest BCUT2D eigenvalue weighted by Gasteiger charge is -2.14. The lowest BCUT2D eigenvalue weighted by atomic mass is 10.1. The molecule has 0 unspecified atom stereocenters. The molecule has 0 amide bonds. The van der Waals surface area contributed by atoms with Crippen molar-refractivity contribution in [3.63, 3.8) is 0 Å². The second-order valence-corrected chi connectivity index (χ2v) is 5.40. The molecule has 0 aliphatic rings. The zero-order valence-corrected chi connectivity index (χ0v) is 12.8. The monoisotopic (exact) mass is 369 g/mol. The van der Waals surface area contributed by atoms with Gasteiger partial charge in [-0.2, -0.15) is 0 Å². The van der Waals surface area contributed by atoms with E-state index in [4.69, 9.17) is 22.4 Å². The van der Waals surface area contributed by atoms with Crippen molar-refractivity contribution in [2.75, 3.05) is 5.73 Å². The van der Waals surface area contributed by atoms with Crippen LogP contribution in [-0.4, -0.2) is 20.6 Å². The number of pyridine rings is 2. The van der Waals surface area contributed by atoms with Gasteiger partial charge in [0.15, 0.2) is 23.3 Å². The number of carboxylic acids is 1. The fourth-order valence-corrected chi connectivity index (χ4v) is 2.64. The van der Waals surface area contributed by atoms with Crippen molar-refractivity contribution in [1.29, 1.82) is 0 Å². The highest BCUT2D eigenvalue weighted by molar-refractivity contribution is 6.35. The zero-order valence-electron chi connectivity index (χ0n) is 12.1. The van der Waals surface area contributed by atoms with Gasteiger partial charge < -0.3 is 10.8 Å². The smallest absolute Gasteiger partial charge is 0.341 e. The Morgan fingerprint density at radius 2 is 1.88 bits per heavy atom. The normalized spacial score (nSPS) is 11.0. The van der Waals surface area contributed by atoms with Gasteiger partial charge in [0.05, 0.1) is 15.9 Å². The number of rotatable bonds is 2. The Kier molecular flexibility index (Phi) is 3.88. The minimum absolute atomic E-state index is 0.199. The molecule has 0 saturated carbocycles. The molecular formula is C15H7ClF3N3O3. The summed E-state index contributed by atoms with van der Waals surface area (Å²) < 4.78 is 41.9. The fraction of sp³-hybridized carbons (Fsp3) is 0. The maximum atomic E-state index is 14.2. The van der Waals surface area contributed by atoms with Gasteiger partial charge in [-0.1, -0.05) is 11.6 Å². The average molecular weight is 370 g/mol. The quantitative estimate of drug-likeness (QED) is 0.723. The van der Waals surface area contributed by atoms with Crippen LogP contribution in [0.4, 0.5) is 19.0 Å². The number of hydrogen-bond acceptors (Lipinski definition) is 4. The van der Waals surface area contributed by atoms with Crippen molar-refractivity contribution in [1.82, 2.24) is 9.55 Å². The van der Waals surface area contributed by atoms with Crippen LogP contribution in [0.15, 0.2) is 29.2 Å². The van der Waals surface area contributed by atoms with E-state index in [0.717, 1.165) is 22.9 Å². The highest BCUT2D eigenvalue weighted by Gasteiger charge is 2.21. The Bertz CT molecular complexity index is 1110. The third kappa shape index (κ3) is 2.68. The molecule has 0 saturated heterocycles. The molecule has 10 heteroatoms. The second kappa shape index (κ2) is 5.78. The molecule has 1 aromatic carbocycles. The Morgan fingerprint density at radius 3 is 2.52 bits per heavy atom. The third-order valence-electron chi connectivity index (χ3n) is 3.41. The molecule has 0 spiro atoms. The van der Waals surface area contributed by atoms with Crippen LogP contribution in [0.2, 0.25) is 5.02 Å². The first kappa shape index (κ1) is 16.8. The molecule has 2 aromatic heterocycles. The molecule has 0 bridgehead atoms. The summed E-state index contributed by atoms with van der Waals surface area (Å²) >= 11 is 5.94. The molecule has 25 heavy (non-hydrogen) atoms. The number of nitrogens with two attached hydrogens (primary N) is 1. The Balaban J connectivity index is 2.55. The van der Waals surface area contributed by atoms with Crippen LogP contribution in [0.5, 0.6) is 0 Å². The number of fused-ring (bicyclic) bond motifs is 1. The van der Waals surface area contributed by atoms with Gasteiger partial charge in [0, 0.05) is 12.3 Å². The van der Waals surface area contributed by atoms with Crippen LogP contribution in [0.1, 0.15) is 10.4 Å². The number of hydrogen-bond donors (Lipinski definition) is 2. The van der Waals surface area contributed by atoms with Gasteiger partial charge >= 0.3 is 5.97 Å². The number of nitrogens with zero attached hydrogens (tertiary/aromatic N) is 2. The molecular weight excluding hydrogens is 363 g/mol. The molecule has 0 aliphatic carbocycles. The van der Waals surface area contributed by atoms with Crippen LogP contribution in [0.25, 0.3) is 16.7 Å². The zero-order chi connectivity index (χ0) is 18.5. The molecule has 128 valence electrons. The number of aromatic nitrogens is 2. The summed E-state index contributed by atoms with van der Waals surface area (Å²) in [5.41, 5.74) is 3.33. The highest BCUT2D eigenvalue weighted by atomic mass is 35.5. The van der Waals surface area contributed by atoms with Gasteiger partial charge in [0.2, 0.25) is 5.43 Å². The molecule has 3 N–H and O–H groups in total. The minimum Gasteiger partial charge on any atom is -0.477 e. The SMILES string of the molecule is Nc1nc(-n2cc(C(=O)O)c(=O)c3cc(F)cc(Cl)c32)c(F)cc1F. The number of anilines is 1. The molecule has 0 aliphatic heterocycles. The third-order valence-corrected chi connectivity index (χ3v) is 3.70. The number of carbonyl (C=O) groups is 1. The van der Waals surface area contributed by atoms with Gasteiger partial charge in [-0.3, -0.25) is 9.36 Å². The maximum Gasteiger partial charge on any atom is 0.341 e. The lowest BCUT2D eigenvalue weighted by Crippen LogP contribution is -2.20. The molecule has 0 atom stereocenters.